The van der Waals surface area contributed by atoms with Crippen LogP contribution in [0, 0.1) is 11.3 Å². The van der Waals surface area contributed by atoms with Crippen molar-refractivity contribution >= 4 is 34.1 Å². The van der Waals surface area contributed by atoms with Crippen molar-refractivity contribution < 1.29 is 9.53 Å². The smallest absolute Gasteiger partial charge is 0.266 e. The molecule has 0 aliphatic carbocycles. The number of carbonyl (C=O) groups is 1. The molecule has 0 radical (unpaired) electrons. The highest BCUT2D eigenvalue weighted by Gasteiger charge is 2.13. The predicted molar refractivity (Wildman–Crippen MR) is 118 cm³/mol. The normalized spacial score (nSPS) is 11.0. The van der Waals surface area contributed by atoms with E-state index >= 15 is 0 Å². The van der Waals surface area contributed by atoms with Crippen molar-refractivity contribution in [3.8, 4) is 11.8 Å². The molecule has 1 N–H and O–H groups in total. The molecule has 1 amide bonds. The zero-order chi connectivity index (χ0) is 20.8. The molecule has 0 bridgehead atoms. The van der Waals surface area contributed by atoms with Gasteiger partial charge in [0.15, 0.2) is 0 Å². The maximum atomic E-state index is 12.7. The van der Waals surface area contributed by atoms with Crippen LogP contribution in [0.3, 0.4) is 0 Å². The summed E-state index contributed by atoms with van der Waals surface area (Å²) in [5.41, 5.74) is 2.39. The minimum absolute atomic E-state index is 0.0130. The zero-order valence-corrected chi connectivity index (χ0v) is 16.8. The fourth-order valence-electron chi connectivity index (χ4n) is 3.04. The van der Waals surface area contributed by atoms with Gasteiger partial charge in [-0.3, -0.25) is 4.79 Å². The first-order valence-corrected chi connectivity index (χ1v) is 9.38. The summed E-state index contributed by atoms with van der Waals surface area (Å²) in [6, 6.07) is 21.1. The molecule has 0 aliphatic rings. The van der Waals surface area contributed by atoms with Crippen LogP contribution in [0.4, 0.5) is 11.4 Å². The molecule has 3 aromatic rings. The molecule has 0 aliphatic heterocycles. The van der Waals surface area contributed by atoms with E-state index in [9.17, 15) is 10.1 Å². The van der Waals surface area contributed by atoms with Crippen LogP contribution in [0.5, 0.6) is 5.75 Å². The number of benzene rings is 3. The molecule has 0 unspecified atom stereocenters. The number of hydrogen-bond acceptors (Lipinski definition) is 4. The van der Waals surface area contributed by atoms with E-state index in [1.54, 1.807) is 6.08 Å². The molecule has 0 saturated heterocycles. The second-order valence-corrected chi connectivity index (χ2v) is 6.70. The molecule has 29 heavy (non-hydrogen) atoms. The number of anilines is 2. The molecule has 5 heteroatoms. The van der Waals surface area contributed by atoms with Gasteiger partial charge in [-0.1, -0.05) is 30.3 Å². The lowest BCUT2D eigenvalue weighted by molar-refractivity contribution is -0.112. The first-order chi connectivity index (χ1) is 14.0. The standard InChI is InChI=1S/C24H23N3O2/c1-4-29-23-14-9-17-7-5-6-8-21(17)22(23)15-18(16-25)24(28)26-19-10-12-20(13-11-19)27(2)3/h5-15H,4H2,1-3H3,(H,26,28)/b18-15-. The number of rotatable bonds is 6. The van der Waals surface area contributed by atoms with Gasteiger partial charge < -0.3 is 15.0 Å². The summed E-state index contributed by atoms with van der Waals surface area (Å²) in [5.74, 6) is 0.183. The molecule has 3 aromatic carbocycles. The monoisotopic (exact) mass is 385 g/mol. The highest BCUT2D eigenvalue weighted by Crippen LogP contribution is 2.30. The molecule has 0 fully saturated rings. The first-order valence-electron chi connectivity index (χ1n) is 9.38. The number of fused-ring (bicyclic) bond motifs is 1. The lowest BCUT2D eigenvalue weighted by Crippen LogP contribution is -2.14. The van der Waals surface area contributed by atoms with Crippen molar-refractivity contribution in [2.24, 2.45) is 0 Å². The molecular weight excluding hydrogens is 362 g/mol. The topological polar surface area (TPSA) is 65.4 Å². The van der Waals surface area contributed by atoms with Gasteiger partial charge >= 0.3 is 0 Å². The average molecular weight is 385 g/mol. The van der Waals surface area contributed by atoms with Gasteiger partial charge in [-0.15, -0.1) is 0 Å². The van der Waals surface area contributed by atoms with Gasteiger partial charge in [0.05, 0.1) is 6.61 Å². The van der Waals surface area contributed by atoms with Gasteiger partial charge in [0, 0.05) is 31.0 Å². The molecule has 0 saturated carbocycles. The Balaban J connectivity index is 1.96. The van der Waals surface area contributed by atoms with E-state index in [0.29, 0.717) is 18.0 Å². The number of amides is 1. The summed E-state index contributed by atoms with van der Waals surface area (Å²) in [4.78, 5) is 14.7. The van der Waals surface area contributed by atoms with E-state index in [-0.39, 0.29) is 5.57 Å². The Labute approximate surface area is 170 Å². The van der Waals surface area contributed by atoms with Crippen LogP contribution < -0.4 is 15.0 Å². The molecule has 0 spiro atoms. The molecule has 146 valence electrons. The van der Waals surface area contributed by atoms with Crippen LogP contribution in [0.2, 0.25) is 0 Å². The average Bonchev–Trinajstić information content (AvgIpc) is 2.73. The van der Waals surface area contributed by atoms with E-state index in [1.807, 2.05) is 92.7 Å². The van der Waals surface area contributed by atoms with Gasteiger partial charge in [0.25, 0.3) is 5.91 Å². The predicted octanol–water partition coefficient (Wildman–Crippen LogP) is 4.85. The first kappa shape index (κ1) is 20.0. The number of ether oxygens (including phenoxy) is 1. The number of nitrogens with one attached hydrogen (secondary N) is 1. The lowest BCUT2D eigenvalue weighted by atomic mass is 10.0. The summed E-state index contributed by atoms with van der Waals surface area (Å²) < 4.78 is 5.73. The van der Waals surface area contributed by atoms with Crippen LogP contribution in [-0.4, -0.2) is 26.6 Å². The fourth-order valence-corrected chi connectivity index (χ4v) is 3.04. The van der Waals surface area contributed by atoms with E-state index in [1.165, 1.54) is 0 Å². The Bertz CT molecular complexity index is 1090. The van der Waals surface area contributed by atoms with Crippen LogP contribution >= 0.6 is 0 Å². The van der Waals surface area contributed by atoms with Crippen molar-refractivity contribution in [1.29, 1.82) is 5.26 Å². The van der Waals surface area contributed by atoms with Crippen molar-refractivity contribution in [3.63, 3.8) is 0 Å². The van der Waals surface area contributed by atoms with E-state index in [0.717, 1.165) is 22.0 Å². The zero-order valence-electron chi connectivity index (χ0n) is 16.8. The molecule has 0 atom stereocenters. The van der Waals surface area contributed by atoms with Crippen LogP contribution in [0.15, 0.2) is 66.2 Å². The number of nitrogens with zero attached hydrogens (tertiary/aromatic N) is 2. The summed E-state index contributed by atoms with van der Waals surface area (Å²) in [7, 11) is 3.90. The maximum absolute atomic E-state index is 12.7. The van der Waals surface area contributed by atoms with E-state index in [4.69, 9.17) is 4.74 Å². The Hall–Kier alpha value is -3.78. The Morgan fingerprint density at radius 3 is 2.48 bits per heavy atom. The van der Waals surface area contributed by atoms with Gasteiger partial charge in [0.1, 0.15) is 17.4 Å². The van der Waals surface area contributed by atoms with Crippen molar-refractivity contribution in [2.75, 3.05) is 30.9 Å². The number of nitriles is 1. The van der Waals surface area contributed by atoms with E-state index < -0.39 is 5.91 Å². The third-order valence-electron chi connectivity index (χ3n) is 4.53. The Morgan fingerprint density at radius 1 is 1.10 bits per heavy atom. The third-order valence-corrected chi connectivity index (χ3v) is 4.53. The second-order valence-electron chi connectivity index (χ2n) is 6.70. The lowest BCUT2D eigenvalue weighted by Gasteiger charge is -2.13. The molecule has 0 heterocycles. The van der Waals surface area contributed by atoms with Crippen molar-refractivity contribution in [3.05, 3.63) is 71.8 Å². The van der Waals surface area contributed by atoms with Crippen LogP contribution in [0.1, 0.15) is 12.5 Å². The summed E-state index contributed by atoms with van der Waals surface area (Å²) >= 11 is 0. The van der Waals surface area contributed by atoms with Gasteiger partial charge in [-0.2, -0.15) is 5.26 Å². The quantitative estimate of drug-likeness (QED) is 0.487. The Morgan fingerprint density at radius 2 is 1.83 bits per heavy atom. The summed E-state index contributed by atoms with van der Waals surface area (Å²) in [6.45, 7) is 2.39. The SMILES string of the molecule is CCOc1ccc2ccccc2c1/C=C(/C#N)C(=O)Nc1ccc(N(C)C)cc1. The highest BCUT2D eigenvalue weighted by molar-refractivity contribution is 6.11. The molecular formula is C24H23N3O2. The van der Waals surface area contributed by atoms with E-state index in [2.05, 4.69) is 5.32 Å². The Kier molecular flexibility index (Phi) is 6.16. The summed E-state index contributed by atoms with van der Waals surface area (Å²) in [6.07, 6.45) is 1.59. The fraction of sp³-hybridized carbons (Fsp3) is 0.167. The molecule has 5 nitrogen and oxygen atoms in total. The minimum atomic E-state index is -0.458. The number of carbonyl (C=O) groups excluding carboxylic acids is 1. The second kappa shape index (κ2) is 8.94. The minimum Gasteiger partial charge on any atom is -0.493 e. The van der Waals surface area contributed by atoms with Gasteiger partial charge in [-0.05, 0) is 54.1 Å². The highest BCUT2D eigenvalue weighted by atomic mass is 16.5. The van der Waals surface area contributed by atoms with Crippen LogP contribution in [0.25, 0.3) is 16.8 Å². The number of hydrogen-bond donors (Lipinski definition) is 1. The largest absolute Gasteiger partial charge is 0.493 e. The summed E-state index contributed by atoms with van der Waals surface area (Å²) in [5, 5.41) is 14.3. The van der Waals surface area contributed by atoms with Crippen molar-refractivity contribution in [2.45, 2.75) is 6.92 Å². The molecule has 3 rings (SSSR count). The van der Waals surface area contributed by atoms with Crippen molar-refractivity contribution in [1.82, 2.24) is 0 Å². The van der Waals surface area contributed by atoms with Crippen LogP contribution in [-0.2, 0) is 4.79 Å². The maximum Gasteiger partial charge on any atom is 0.266 e. The van der Waals surface area contributed by atoms with Gasteiger partial charge in [0.2, 0.25) is 0 Å². The third kappa shape index (κ3) is 4.56. The molecule has 0 aromatic heterocycles. The van der Waals surface area contributed by atoms with Gasteiger partial charge in [-0.25, -0.2) is 0 Å².